The molecule has 0 aliphatic carbocycles. The summed E-state index contributed by atoms with van der Waals surface area (Å²) >= 11 is 10.2. The minimum absolute atomic E-state index is 0.216. The summed E-state index contributed by atoms with van der Waals surface area (Å²) in [7, 11) is 1.67. The van der Waals surface area contributed by atoms with Gasteiger partial charge in [0.25, 0.3) is 0 Å². The van der Waals surface area contributed by atoms with Crippen LogP contribution in [0.25, 0.3) is 0 Å². The molecule has 2 aromatic carbocycles. The lowest BCUT2D eigenvalue weighted by Gasteiger charge is -2.16. The monoisotopic (exact) mass is 338 g/mol. The van der Waals surface area contributed by atoms with Crippen molar-refractivity contribution in [1.82, 2.24) is 0 Å². The third-order valence-corrected chi connectivity index (χ3v) is 4.49. The Labute approximate surface area is 127 Å². The topological polar surface area (TPSA) is 9.23 Å². The van der Waals surface area contributed by atoms with Gasteiger partial charge in [-0.25, -0.2) is 0 Å². The van der Waals surface area contributed by atoms with Crippen LogP contribution in [0.3, 0.4) is 0 Å². The molecule has 0 saturated carbocycles. The molecule has 0 aromatic heterocycles. The summed E-state index contributed by atoms with van der Waals surface area (Å²) in [5.74, 6) is 0.822. The van der Waals surface area contributed by atoms with Gasteiger partial charge in [0.15, 0.2) is 0 Å². The summed E-state index contributed by atoms with van der Waals surface area (Å²) in [5.41, 5.74) is 4.43. The number of hydrogen-bond acceptors (Lipinski definition) is 1. The number of halogens is 2. The molecule has 1 nitrogen and oxygen atoms in total. The molecule has 0 bridgehead atoms. The van der Waals surface area contributed by atoms with E-state index in [0.717, 1.165) is 21.3 Å². The molecule has 0 heterocycles. The van der Waals surface area contributed by atoms with E-state index in [9.17, 15) is 0 Å². The molecule has 0 fully saturated rings. The molecule has 0 aliphatic heterocycles. The van der Waals surface area contributed by atoms with Gasteiger partial charge in [-0.1, -0.05) is 45.8 Å². The normalized spacial score (nSPS) is 12.3. The quantitative estimate of drug-likeness (QED) is 0.680. The highest BCUT2D eigenvalue weighted by Crippen LogP contribution is 2.36. The smallest absolute Gasteiger partial charge is 0.123 e. The molecule has 0 saturated heterocycles. The second-order valence-electron chi connectivity index (χ2n) is 4.62. The van der Waals surface area contributed by atoms with Crippen LogP contribution in [-0.2, 0) is 0 Å². The Morgan fingerprint density at radius 3 is 2.47 bits per heavy atom. The van der Waals surface area contributed by atoms with Crippen LogP contribution < -0.4 is 4.74 Å². The van der Waals surface area contributed by atoms with Crippen LogP contribution in [0.2, 0.25) is 0 Å². The Kier molecular flexibility index (Phi) is 4.54. The summed E-state index contributed by atoms with van der Waals surface area (Å²) < 4.78 is 6.47. The van der Waals surface area contributed by atoms with Gasteiger partial charge in [-0.15, -0.1) is 11.6 Å². The van der Waals surface area contributed by atoms with E-state index in [2.05, 4.69) is 54.0 Å². The second kappa shape index (κ2) is 5.98. The third kappa shape index (κ3) is 3.13. The number of ether oxygens (including phenoxy) is 1. The van der Waals surface area contributed by atoms with Crippen LogP contribution >= 0.6 is 27.5 Å². The number of hydrogen-bond donors (Lipinski definition) is 0. The van der Waals surface area contributed by atoms with Crippen molar-refractivity contribution >= 4 is 27.5 Å². The van der Waals surface area contributed by atoms with Crippen molar-refractivity contribution in [2.45, 2.75) is 19.2 Å². The van der Waals surface area contributed by atoms with Crippen LogP contribution in [0.15, 0.2) is 40.9 Å². The van der Waals surface area contributed by atoms with Gasteiger partial charge < -0.3 is 4.74 Å². The molecule has 0 N–H and O–H groups in total. The predicted molar refractivity (Wildman–Crippen MR) is 84.3 cm³/mol. The van der Waals surface area contributed by atoms with Crippen molar-refractivity contribution in [3.8, 4) is 5.75 Å². The molecule has 2 rings (SSSR count). The molecule has 1 atom stereocenters. The van der Waals surface area contributed by atoms with Crippen molar-refractivity contribution in [2.75, 3.05) is 7.11 Å². The van der Waals surface area contributed by atoms with Gasteiger partial charge in [0.2, 0.25) is 0 Å². The van der Waals surface area contributed by atoms with Gasteiger partial charge in [-0.3, -0.25) is 0 Å². The Morgan fingerprint density at radius 2 is 1.84 bits per heavy atom. The number of methoxy groups -OCH3 is 1. The van der Waals surface area contributed by atoms with E-state index >= 15 is 0 Å². The molecule has 2 aromatic rings. The van der Waals surface area contributed by atoms with E-state index in [1.165, 1.54) is 11.1 Å². The largest absolute Gasteiger partial charge is 0.496 e. The van der Waals surface area contributed by atoms with Crippen molar-refractivity contribution in [3.63, 3.8) is 0 Å². The van der Waals surface area contributed by atoms with Crippen molar-refractivity contribution in [1.29, 1.82) is 0 Å². The average molecular weight is 340 g/mol. The van der Waals surface area contributed by atoms with E-state index in [0.29, 0.717) is 0 Å². The zero-order valence-corrected chi connectivity index (χ0v) is 13.5. The van der Waals surface area contributed by atoms with E-state index in [1.807, 2.05) is 12.1 Å². The van der Waals surface area contributed by atoms with E-state index < -0.39 is 0 Å². The maximum absolute atomic E-state index is 6.61. The fraction of sp³-hybridized carbons (Fsp3) is 0.250. The molecule has 0 radical (unpaired) electrons. The Bertz CT molecular complexity index is 595. The number of rotatable bonds is 3. The molecule has 100 valence electrons. The average Bonchev–Trinajstić information content (AvgIpc) is 2.41. The highest BCUT2D eigenvalue weighted by molar-refractivity contribution is 9.10. The van der Waals surface area contributed by atoms with Gasteiger partial charge in [0.1, 0.15) is 5.75 Å². The zero-order valence-electron chi connectivity index (χ0n) is 11.2. The van der Waals surface area contributed by atoms with E-state index in [1.54, 1.807) is 7.11 Å². The fourth-order valence-corrected chi connectivity index (χ4v) is 2.70. The summed E-state index contributed by atoms with van der Waals surface area (Å²) in [6.45, 7) is 4.11. The standard InChI is InChI=1S/C16H16BrClO/c1-10-4-7-15(19-3)13(8-10)16(18)12-6-5-11(2)14(17)9-12/h4-9,16H,1-3H3. The lowest BCUT2D eigenvalue weighted by molar-refractivity contribution is 0.410. The summed E-state index contributed by atoms with van der Waals surface area (Å²) in [5, 5.41) is -0.216. The maximum atomic E-state index is 6.61. The van der Waals surface area contributed by atoms with Gasteiger partial charge in [0.05, 0.1) is 12.5 Å². The van der Waals surface area contributed by atoms with E-state index in [-0.39, 0.29) is 5.38 Å². The Hall–Kier alpha value is -0.990. The van der Waals surface area contributed by atoms with E-state index in [4.69, 9.17) is 16.3 Å². The first-order valence-electron chi connectivity index (χ1n) is 6.07. The summed E-state index contributed by atoms with van der Waals surface area (Å²) in [6, 6.07) is 12.2. The molecule has 0 spiro atoms. The first kappa shape index (κ1) is 14.4. The maximum Gasteiger partial charge on any atom is 0.123 e. The van der Waals surface area contributed by atoms with Crippen molar-refractivity contribution < 1.29 is 4.74 Å². The lowest BCUT2D eigenvalue weighted by Crippen LogP contribution is -1.98. The second-order valence-corrected chi connectivity index (χ2v) is 5.91. The first-order valence-corrected chi connectivity index (χ1v) is 7.30. The highest BCUT2D eigenvalue weighted by Gasteiger charge is 2.16. The SMILES string of the molecule is COc1ccc(C)cc1C(Cl)c1ccc(C)c(Br)c1. The van der Waals surface area contributed by atoms with Crippen LogP contribution in [0, 0.1) is 13.8 Å². The lowest BCUT2D eigenvalue weighted by atomic mass is 10.0. The van der Waals surface area contributed by atoms with Crippen LogP contribution in [-0.4, -0.2) is 7.11 Å². The number of alkyl halides is 1. The summed E-state index contributed by atoms with van der Waals surface area (Å²) in [6.07, 6.45) is 0. The zero-order chi connectivity index (χ0) is 14.0. The van der Waals surface area contributed by atoms with Crippen molar-refractivity contribution in [3.05, 3.63) is 63.1 Å². The number of aryl methyl sites for hydroxylation is 2. The van der Waals surface area contributed by atoms with Gasteiger partial charge in [0, 0.05) is 10.0 Å². The summed E-state index contributed by atoms with van der Waals surface area (Å²) in [4.78, 5) is 0. The third-order valence-electron chi connectivity index (χ3n) is 3.15. The molecule has 0 amide bonds. The molecule has 1 unspecified atom stereocenters. The molecular formula is C16H16BrClO. The number of benzene rings is 2. The van der Waals surface area contributed by atoms with Gasteiger partial charge in [-0.05, 0) is 37.1 Å². The minimum Gasteiger partial charge on any atom is -0.496 e. The molecular weight excluding hydrogens is 324 g/mol. The van der Waals surface area contributed by atoms with Gasteiger partial charge >= 0.3 is 0 Å². The van der Waals surface area contributed by atoms with Crippen LogP contribution in [0.1, 0.15) is 27.6 Å². The predicted octanol–water partition coefficient (Wildman–Crippen LogP) is 5.40. The molecule has 0 aliphatic rings. The highest BCUT2D eigenvalue weighted by atomic mass is 79.9. The Balaban J connectivity index is 2.45. The minimum atomic E-state index is -0.216. The van der Waals surface area contributed by atoms with Crippen molar-refractivity contribution in [2.24, 2.45) is 0 Å². The fourth-order valence-electron chi connectivity index (χ4n) is 2.00. The first-order chi connectivity index (χ1) is 9.02. The van der Waals surface area contributed by atoms with Crippen LogP contribution in [0.4, 0.5) is 0 Å². The Morgan fingerprint density at radius 1 is 1.11 bits per heavy atom. The van der Waals surface area contributed by atoms with Gasteiger partial charge in [-0.2, -0.15) is 0 Å². The molecule has 19 heavy (non-hydrogen) atoms. The molecule has 3 heteroatoms. The van der Waals surface area contributed by atoms with Crippen LogP contribution in [0.5, 0.6) is 5.75 Å².